The minimum absolute atomic E-state index is 0.0545. The molecule has 1 unspecified atom stereocenters. The summed E-state index contributed by atoms with van der Waals surface area (Å²) in [5, 5.41) is 15.0. The summed E-state index contributed by atoms with van der Waals surface area (Å²) in [5.41, 5.74) is 10.6. The Balaban J connectivity index is 1.71. The number of hydrogen-bond donors (Lipinski definition) is 3. The van der Waals surface area contributed by atoms with Crippen molar-refractivity contribution in [3.63, 3.8) is 0 Å². The van der Waals surface area contributed by atoms with Gasteiger partial charge in [-0.1, -0.05) is 6.58 Å². The molecule has 11 nitrogen and oxygen atoms in total. The molecular formula is C25H31N9O2. The van der Waals surface area contributed by atoms with Crippen LogP contribution >= 0.6 is 0 Å². The molecule has 4 N–H and O–H groups in total. The van der Waals surface area contributed by atoms with Crippen LogP contribution in [0, 0.1) is 0 Å². The number of benzene rings is 1. The lowest BCUT2D eigenvalue weighted by Gasteiger charge is -2.25. The zero-order chi connectivity index (χ0) is 25.8. The van der Waals surface area contributed by atoms with Gasteiger partial charge in [-0.25, -0.2) is 9.50 Å². The van der Waals surface area contributed by atoms with E-state index < -0.39 is 0 Å². The molecule has 0 fully saturated rings. The molecule has 0 bridgehead atoms. The van der Waals surface area contributed by atoms with Crippen LogP contribution in [-0.2, 0) is 11.8 Å². The van der Waals surface area contributed by atoms with Crippen molar-refractivity contribution in [2.45, 2.75) is 19.4 Å². The monoisotopic (exact) mass is 489 g/mol. The number of ether oxygens (including phenoxy) is 1. The number of fused-ring (bicyclic) bond motifs is 1. The molecule has 0 spiro atoms. The fourth-order valence-corrected chi connectivity index (χ4v) is 3.80. The van der Waals surface area contributed by atoms with Gasteiger partial charge < -0.3 is 26.0 Å². The standard InChI is InChI=1S/C25H31N9O2/c1-6-24(35)29-19-11-20(23(36-5)12-22(19)32(3)10-9-16(2)26)30-25-27-14-18-7-8-21(34(18)31-25)17-13-28-33(4)15-17/h6-8,11-16H,1,9-10,26H2,2-5H3,(H,29,35)(H,30,31). The van der Waals surface area contributed by atoms with E-state index in [0.29, 0.717) is 29.6 Å². The van der Waals surface area contributed by atoms with Gasteiger partial charge in [0.15, 0.2) is 0 Å². The summed E-state index contributed by atoms with van der Waals surface area (Å²) in [6, 6.07) is 7.63. The van der Waals surface area contributed by atoms with E-state index in [1.807, 2.05) is 50.3 Å². The number of aryl methyl sites for hydroxylation is 1. The van der Waals surface area contributed by atoms with E-state index >= 15 is 0 Å². The van der Waals surface area contributed by atoms with E-state index in [1.165, 1.54) is 6.08 Å². The summed E-state index contributed by atoms with van der Waals surface area (Å²) in [4.78, 5) is 18.7. The van der Waals surface area contributed by atoms with Crippen LogP contribution in [0.3, 0.4) is 0 Å². The fraction of sp³-hybridized carbons (Fsp3) is 0.280. The molecular weight excluding hydrogens is 458 g/mol. The van der Waals surface area contributed by atoms with E-state index in [0.717, 1.165) is 28.9 Å². The van der Waals surface area contributed by atoms with Crippen molar-refractivity contribution in [3.05, 3.63) is 55.5 Å². The third kappa shape index (κ3) is 5.31. The van der Waals surface area contributed by atoms with Gasteiger partial charge in [0.25, 0.3) is 0 Å². The average molecular weight is 490 g/mol. The molecule has 0 saturated heterocycles. The lowest BCUT2D eigenvalue weighted by atomic mass is 10.1. The van der Waals surface area contributed by atoms with Crippen LogP contribution in [0.15, 0.2) is 55.5 Å². The average Bonchev–Trinajstić information content (AvgIpc) is 3.48. The predicted octanol–water partition coefficient (Wildman–Crippen LogP) is 3.18. The van der Waals surface area contributed by atoms with Crippen molar-refractivity contribution < 1.29 is 9.53 Å². The molecule has 188 valence electrons. The Bertz CT molecular complexity index is 1390. The Morgan fingerprint density at radius 3 is 2.78 bits per heavy atom. The van der Waals surface area contributed by atoms with Crippen LogP contribution < -0.4 is 26.0 Å². The Labute approximate surface area is 209 Å². The summed E-state index contributed by atoms with van der Waals surface area (Å²) in [6.07, 6.45) is 7.46. The highest BCUT2D eigenvalue weighted by Crippen LogP contribution is 2.38. The normalized spacial score (nSPS) is 11.8. The van der Waals surface area contributed by atoms with Crippen LogP contribution in [-0.4, -0.2) is 57.0 Å². The van der Waals surface area contributed by atoms with Gasteiger partial charge in [-0.05, 0) is 37.6 Å². The molecule has 1 atom stereocenters. The van der Waals surface area contributed by atoms with Gasteiger partial charge in [-0.3, -0.25) is 9.48 Å². The highest BCUT2D eigenvalue weighted by molar-refractivity contribution is 6.02. The van der Waals surface area contributed by atoms with Gasteiger partial charge >= 0.3 is 0 Å². The summed E-state index contributed by atoms with van der Waals surface area (Å²) in [5.74, 6) is 0.609. The third-order valence-corrected chi connectivity index (χ3v) is 5.74. The summed E-state index contributed by atoms with van der Waals surface area (Å²) in [7, 11) is 5.40. The minimum atomic E-state index is -0.320. The number of nitrogens with one attached hydrogen (secondary N) is 2. The molecule has 0 aliphatic heterocycles. The number of nitrogens with zero attached hydrogens (tertiary/aromatic N) is 6. The van der Waals surface area contributed by atoms with Gasteiger partial charge in [-0.2, -0.15) is 5.10 Å². The number of aromatic nitrogens is 5. The molecule has 3 heterocycles. The first-order valence-corrected chi connectivity index (χ1v) is 11.5. The molecule has 3 aromatic heterocycles. The number of anilines is 4. The second-order valence-electron chi connectivity index (χ2n) is 8.62. The van der Waals surface area contributed by atoms with Gasteiger partial charge in [0.05, 0.1) is 47.8 Å². The molecule has 0 radical (unpaired) electrons. The first-order chi connectivity index (χ1) is 17.3. The highest BCUT2D eigenvalue weighted by atomic mass is 16.5. The number of amides is 1. The summed E-state index contributed by atoms with van der Waals surface area (Å²) >= 11 is 0. The maximum Gasteiger partial charge on any atom is 0.247 e. The minimum Gasteiger partial charge on any atom is -0.494 e. The lowest BCUT2D eigenvalue weighted by Crippen LogP contribution is -2.26. The van der Waals surface area contributed by atoms with E-state index in [-0.39, 0.29) is 11.9 Å². The van der Waals surface area contributed by atoms with Crippen LogP contribution in [0.1, 0.15) is 13.3 Å². The molecule has 4 rings (SSSR count). The summed E-state index contributed by atoms with van der Waals surface area (Å²) < 4.78 is 9.21. The number of rotatable bonds is 10. The molecule has 0 saturated carbocycles. The quantitative estimate of drug-likeness (QED) is 0.290. The second kappa shape index (κ2) is 10.5. The van der Waals surface area contributed by atoms with E-state index in [1.54, 1.807) is 34.8 Å². The Hall–Kier alpha value is -4.38. The van der Waals surface area contributed by atoms with Crippen molar-refractivity contribution in [2.75, 3.05) is 36.2 Å². The number of methoxy groups -OCH3 is 1. The van der Waals surface area contributed by atoms with E-state index in [2.05, 4.69) is 32.4 Å². The smallest absolute Gasteiger partial charge is 0.247 e. The van der Waals surface area contributed by atoms with Crippen LogP contribution in [0.5, 0.6) is 5.75 Å². The molecule has 1 aromatic carbocycles. The molecule has 0 aliphatic carbocycles. The number of carbonyl (C=O) groups excluding carboxylic acids is 1. The van der Waals surface area contributed by atoms with Crippen LogP contribution in [0.25, 0.3) is 16.8 Å². The van der Waals surface area contributed by atoms with Crippen molar-refractivity contribution in [1.82, 2.24) is 24.4 Å². The fourth-order valence-electron chi connectivity index (χ4n) is 3.80. The van der Waals surface area contributed by atoms with Gasteiger partial charge in [-0.15, -0.1) is 5.10 Å². The SMILES string of the molecule is C=CC(=O)Nc1cc(Nc2ncc3ccc(-c4cnn(C)c4)n3n2)c(OC)cc1N(C)CCC(C)N. The van der Waals surface area contributed by atoms with Crippen molar-refractivity contribution in [3.8, 4) is 17.0 Å². The third-order valence-electron chi connectivity index (χ3n) is 5.74. The van der Waals surface area contributed by atoms with Crippen molar-refractivity contribution in [1.29, 1.82) is 0 Å². The highest BCUT2D eigenvalue weighted by Gasteiger charge is 2.17. The van der Waals surface area contributed by atoms with Gasteiger partial charge in [0, 0.05) is 44.5 Å². The first kappa shape index (κ1) is 24.7. The van der Waals surface area contributed by atoms with Gasteiger partial charge in [0.1, 0.15) is 5.75 Å². The van der Waals surface area contributed by atoms with Crippen LogP contribution in [0.4, 0.5) is 23.0 Å². The van der Waals surface area contributed by atoms with Crippen molar-refractivity contribution in [2.24, 2.45) is 12.8 Å². The van der Waals surface area contributed by atoms with Gasteiger partial charge in [0.2, 0.25) is 11.9 Å². The lowest BCUT2D eigenvalue weighted by molar-refractivity contribution is -0.111. The second-order valence-corrected chi connectivity index (χ2v) is 8.62. The maximum absolute atomic E-state index is 12.2. The Morgan fingerprint density at radius 1 is 1.31 bits per heavy atom. The zero-order valence-corrected chi connectivity index (χ0v) is 20.9. The molecule has 11 heteroatoms. The zero-order valence-electron chi connectivity index (χ0n) is 20.9. The maximum atomic E-state index is 12.2. The number of carbonyl (C=O) groups is 1. The van der Waals surface area contributed by atoms with Crippen LogP contribution in [0.2, 0.25) is 0 Å². The number of hydrogen-bond acceptors (Lipinski definition) is 8. The predicted molar refractivity (Wildman–Crippen MR) is 142 cm³/mol. The summed E-state index contributed by atoms with van der Waals surface area (Å²) in [6.45, 7) is 6.23. The molecule has 1 amide bonds. The number of nitrogens with two attached hydrogens (primary N) is 1. The molecule has 4 aromatic rings. The molecule has 36 heavy (non-hydrogen) atoms. The largest absolute Gasteiger partial charge is 0.494 e. The van der Waals surface area contributed by atoms with E-state index in [4.69, 9.17) is 10.5 Å². The van der Waals surface area contributed by atoms with E-state index in [9.17, 15) is 4.79 Å². The first-order valence-electron chi connectivity index (χ1n) is 11.5. The Kier molecular flexibility index (Phi) is 7.20. The Morgan fingerprint density at radius 2 is 2.11 bits per heavy atom. The molecule has 0 aliphatic rings. The topological polar surface area (TPSA) is 128 Å². The van der Waals surface area contributed by atoms with Crippen molar-refractivity contribution >= 4 is 34.4 Å².